The van der Waals surface area contributed by atoms with E-state index in [0.29, 0.717) is 12.7 Å². The van der Waals surface area contributed by atoms with Crippen molar-refractivity contribution in [1.29, 1.82) is 0 Å². The fourth-order valence-electron chi connectivity index (χ4n) is 2.30. The Kier molecular flexibility index (Phi) is 17.7. The molecule has 1 aliphatic heterocycles. The molecule has 0 amide bonds. The van der Waals surface area contributed by atoms with E-state index in [9.17, 15) is 0 Å². The maximum Gasteiger partial charge on any atom is 0.159 e. The minimum atomic E-state index is -1.50. The van der Waals surface area contributed by atoms with Crippen molar-refractivity contribution >= 4 is 6.08 Å². The van der Waals surface area contributed by atoms with Gasteiger partial charge in [-0.25, -0.2) is 9.97 Å². The van der Waals surface area contributed by atoms with Crippen molar-refractivity contribution in [1.82, 2.24) is 9.97 Å². The van der Waals surface area contributed by atoms with Gasteiger partial charge in [-0.15, -0.1) is 0 Å². The number of aromatic nitrogens is 2. The van der Waals surface area contributed by atoms with Crippen LogP contribution in [0.25, 0.3) is 6.08 Å². The summed E-state index contributed by atoms with van der Waals surface area (Å²) in [6.07, 6.45) is 11.3. The monoisotopic (exact) mass is 442 g/mol. The van der Waals surface area contributed by atoms with Gasteiger partial charge in [-0.1, -0.05) is 25.5 Å². The van der Waals surface area contributed by atoms with Crippen LogP contribution in [0.4, 0.5) is 0 Å². The van der Waals surface area contributed by atoms with Crippen LogP contribution in [0.3, 0.4) is 0 Å². The van der Waals surface area contributed by atoms with E-state index < -0.39 is 11.6 Å². The van der Waals surface area contributed by atoms with Crippen molar-refractivity contribution in [2.45, 2.75) is 106 Å². The highest BCUT2D eigenvalue weighted by molar-refractivity contribution is 5.53. The number of aliphatic hydroxyl groups is 3. The Bertz CT molecular complexity index is 560. The lowest BCUT2D eigenvalue weighted by atomic mass is 10.1. The minimum absolute atomic E-state index is 0.546. The predicted octanol–water partition coefficient (Wildman–Crippen LogP) is 4.55. The van der Waals surface area contributed by atoms with E-state index in [2.05, 4.69) is 36.0 Å². The number of nitrogens with zero attached hydrogens (tertiary/aromatic N) is 2. The number of allylic oxidation sites excluding steroid dienone is 1. The van der Waals surface area contributed by atoms with Crippen molar-refractivity contribution in [2.24, 2.45) is 0 Å². The number of hydrogen-bond donors (Lipinski definition) is 3. The standard InChI is InChI=1S/C11H16N2.C5H12O2.C5H10O.C3H8O2/c1-4-5-6-7-11-9(2)12-8-13-10(11)3;1-4-7-5(2,3)6;1-5-3-2-4-6-5;1-3(2,4)5/h6-8H,4-5H2,1-3H3;6H,4H2,1-3H3;5H,2-4H2,1H3;4-5H,1-2H3/b7-6-;;;. The fourth-order valence-corrected chi connectivity index (χ4v) is 2.30. The molecule has 7 nitrogen and oxygen atoms in total. The molecule has 0 aromatic carbocycles. The van der Waals surface area contributed by atoms with Gasteiger partial charge >= 0.3 is 0 Å². The third-order valence-electron chi connectivity index (χ3n) is 3.68. The van der Waals surface area contributed by atoms with E-state index in [1.54, 1.807) is 20.2 Å². The van der Waals surface area contributed by atoms with Crippen LogP contribution in [0.1, 0.15) is 91.1 Å². The van der Waals surface area contributed by atoms with Crippen molar-refractivity contribution < 1.29 is 24.8 Å². The van der Waals surface area contributed by atoms with Gasteiger partial charge in [0, 0.05) is 30.2 Å². The normalized spacial score (nSPS) is 15.9. The number of ether oxygens (including phenoxy) is 2. The molecule has 1 unspecified atom stereocenters. The Balaban J connectivity index is 0. The van der Waals surface area contributed by atoms with Crippen molar-refractivity contribution in [3.63, 3.8) is 0 Å². The van der Waals surface area contributed by atoms with Gasteiger partial charge in [-0.2, -0.15) is 0 Å². The number of rotatable bonds is 5. The number of unbranched alkanes of at least 4 members (excludes halogenated alkanes) is 1. The molecule has 0 bridgehead atoms. The Morgan fingerprint density at radius 3 is 1.87 bits per heavy atom. The first-order valence-corrected chi connectivity index (χ1v) is 11.1. The lowest BCUT2D eigenvalue weighted by Gasteiger charge is -2.15. The highest BCUT2D eigenvalue weighted by atomic mass is 16.6. The molecule has 0 radical (unpaired) electrons. The van der Waals surface area contributed by atoms with E-state index in [1.165, 1.54) is 33.1 Å². The molecule has 3 N–H and O–H groups in total. The van der Waals surface area contributed by atoms with Gasteiger partial charge in [-0.3, -0.25) is 0 Å². The SMILES string of the molecule is CC(C)(O)O.CC1CCCO1.CCC/C=C\c1c(C)ncnc1C.CCOC(C)(C)O. The van der Waals surface area contributed by atoms with E-state index in [0.717, 1.165) is 30.0 Å². The Labute approximate surface area is 189 Å². The van der Waals surface area contributed by atoms with Crippen LogP contribution in [-0.4, -0.2) is 56.2 Å². The van der Waals surface area contributed by atoms with Gasteiger partial charge in [0.1, 0.15) is 6.33 Å². The molecule has 2 heterocycles. The first-order chi connectivity index (χ1) is 14.2. The summed E-state index contributed by atoms with van der Waals surface area (Å²) >= 11 is 0. The predicted molar refractivity (Wildman–Crippen MR) is 127 cm³/mol. The average molecular weight is 443 g/mol. The second kappa shape index (κ2) is 17.2. The number of aryl methyl sites for hydroxylation is 2. The second-order valence-corrected chi connectivity index (χ2v) is 8.35. The molecule has 31 heavy (non-hydrogen) atoms. The van der Waals surface area contributed by atoms with Gasteiger partial charge in [0.25, 0.3) is 0 Å². The number of hydrogen-bond acceptors (Lipinski definition) is 7. The smallest absolute Gasteiger partial charge is 0.159 e. The first-order valence-electron chi connectivity index (χ1n) is 11.1. The second-order valence-electron chi connectivity index (χ2n) is 8.35. The summed E-state index contributed by atoms with van der Waals surface area (Å²) in [6.45, 7) is 17.5. The molecule has 0 saturated carbocycles. The molecule has 1 fully saturated rings. The minimum Gasteiger partial charge on any atom is -0.379 e. The van der Waals surface area contributed by atoms with Crippen LogP contribution < -0.4 is 0 Å². The van der Waals surface area contributed by atoms with E-state index in [-0.39, 0.29) is 0 Å². The maximum absolute atomic E-state index is 8.80. The fraction of sp³-hybridized carbons (Fsp3) is 0.750. The lowest BCUT2D eigenvalue weighted by Crippen LogP contribution is -2.22. The molecule has 182 valence electrons. The summed E-state index contributed by atoms with van der Waals surface area (Å²) in [5.74, 6) is -2.45. The van der Waals surface area contributed by atoms with Crippen LogP contribution in [-0.2, 0) is 9.47 Å². The van der Waals surface area contributed by atoms with Gasteiger partial charge in [0.05, 0.1) is 6.10 Å². The molecule has 2 rings (SSSR count). The molecule has 0 aliphatic carbocycles. The maximum atomic E-state index is 8.80. The molecule has 7 heteroatoms. The van der Waals surface area contributed by atoms with Crippen LogP contribution >= 0.6 is 0 Å². The van der Waals surface area contributed by atoms with Gasteiger partial charge in [0.15, 0.2) is 11.6 Å². The summed E-state index contributed by atoms with van der Waals surface area (Å²) < 4.78 is 9.94. The van der Waals surface area contributed by atoms with Crippen LogP contribution in [0.15, 0.2) is 12.4 Å². The Hall–Kier alpha value is -1.38. The summed E-state index contributed by atoms with van der Waals surface area (Å²) in [5, 5.41) is 24.9. The van der Waals surface area contributed by atoms with Crippen molar-refractivity contribution in [2.75, 3.05) is 13.2 Å². The topological polar surface area (TPSA) is 105 Å². The van der Waals surface area contributed by atoms with E-state index >= 15 is 0 Å². The highest BCUT2D eigenvalue weighted by Gasteiger charge is 2.09. The van der Waals surface area contributed by atoms with Crippen LogP contribution in [0, 0.1) is 13.8 Å². The molecule has 1 aromatic rings. The molecule has 1 aromatic heterocycles. The molecule has 0 spiro atoms. The first kappa shape index (κ1) is 31.8. The van der Waals surface area contributed by atoms with Crippen molar-refractivity contribution in [3.05, 3.63) is 29.4 Å². The Morgan fingerprint density at radius 1 is 1.10 bits per heavy atom. The quantitative estimate of drug-likeness (QED) is 0.575. The van der Waals surface area contributed by atoms with Crippen LogP contribution in [0.5, 0.6) is 0 Å². The third kappa shape index (κ3) is 24.8. The zero-order chi connectivity index (χ0) is 24.5. The van der Waals surface area contributed by atoms with E-state index in [1.807, 2.05) is 20.8 Å². The average Bonchev–Trinajstić information content (AvgIpc) is 3.07. The van der Waals surface area contributed by atoms with Gasteiger partial charge < -0.3 is 24.8 Å². The summed E-state index contributed by atoms with van der Waals surface area (Å²) in [6, 6.07) is 0. The summed E-state index contributed by atoms with van der Waals surface area (Å²) in [5.41, 5.74) is 3.27. The van der Waals surface area contributed by atoms with Gasteiger partial charge in [0.2, 0.25) is 0 Å². The van der Waals surface area contributed by atoms with Crippen LogP contribution in [0.2, 0.25) is 0 Å². The zero-order valence-electron chi connectivity index (χ0n) is 21.1. The highest BCUT2D eigenvalue weighted by Crippen LogP contribution is 2.11. The largest absolute Gasteiger partial charge is 0.379 e. The zero-order valence-corrected chi connectivity index (χ0v) is 21.1. The molecular weight excluding hydrogens is 396 g/mol. The molecular formula is C24H46N2O5. The molecule has 1 aliphatic rings. The summed E-state index contributed by atoms with van der Waals surface area (Å²) in [7, 11) is 0. The van der Waals surface area contributed by atoms with Crippen molar-refractivity contribution in [3.8, 4) is 0 Å². The summed E-state index contributed by atoms with van der Waals surface area (Å²) in [4.78, 5) is 8.31. The Morgan fingerprint density at radius 2 is 1.61 bits per heavy atom. The molecule has 1 saturated heterocycles. The van der Waals surface area contributed by atoms with Gasteiger partial charge in [-0.05, 0) is 74.7 Å². The molecule has 1 atom stereocenters. The van der Waals surface area contributed by atoms with E-state index in [4.69, 9.17) is 24.8 Å². The third-order valence-corrected chi connectivity index (χ3v) is 3.68. The lowest BCUT2D eigenvalue weighted by molar-refractivity contribution is -0.172.